The van der Waals surface area contributed by atoms with E-state index in [9.17, 15) is 9.59 Å². The number of thiazole rings is 1. The topological polar surface area (TPSA) is 92.1 Å². The smallest absolute Gasteiger partial charge is 0.351 e. The number of carbonyl (C=O) groups is 2. The van der Waals surface area contributed by atoms with E-state index in [0.717, 1.165) is 17.0 Å². The fraction of sp³-hybridized carbons (Fsp3) is 0.238. The van der Waals surface area contributed by atoms with Crippen molar-refractivity contribution in [3.8, 4) is 16.6 Å². The average Bonchev–Trinajstić information content (AvgIpc) is 3.34. The van der Waals surface area contributed by atoms with Gasteiger partial charge in [0.1, 0.15) is 21.0 Å². The van der Waals surface area contributed by atoms with Crippen molar-refractivity contribution in [2.45, 2.75) is 33.3 Å². The molecule has 0 spiro atoms. The van der Waals surface area contributed by atoms with E-state index in [1.54, 1.807) is 18.4 Å². The van der Waals surface area contributed by atoms with Crippen LogP contribution in [-0.4, -0.2) is 23.0 Å². The molecule has 148 valence electrons. The Morgan fingerprint density at radius 2 is 2.00 bits per heavy atom. The molecule has 3 aromatic rings. The first-order valence-electron chi connectivity index (χ1n) is 8.99. The molecule has 0 aliphatic rings. The van der Waals surface area contributed by atoms with Crippen molar-refractivity contribution >= 4 is 39.6 Å². The zero-order valence-corrected chi connectivity index (χ0v) is 17.8. The van der Waals surface area contributed by atoms with Crippen LogP contribution in [0.1, 0.15) is 40.3 Å². The lowest BCUT2D eigenvalue weighted by molar-refractivity contribution is -0.123. The molecule has 1 N–H and O–H groups in total. The number of aromatic nitrogens is 1. The van der Waals surface area contributed by atoms with Crippen molar-refractivity contribution in [3.63, 3.8) is 0 Å². The number of aryl methyl sites for hydroxylation is 2. The van der Waals surface area contributed by atoms with Gasteiger partial charge in [-0.2, -0.15) is 5.26 Å². The lowest BCUT2D eigenvalue weighted by atomic mass is 10.1. The van der Waals surface area contributed by atoms with Gasteiger partial charge in [-0.3, -0.25) is 4.79 Å². The fourth-order valence-corrected chi connectivity index (χ4v) is 4.26. The van der Waals surface area contributed by atoms with Gasteiger partial charge in [0.05, 0.1) is 11.3 Å². The van der Waals surface area contributed by atoms with Crippen molar-refractivity contribution in [3.05, 3.63) is 57.4 Å². The largest absolute Gasteiger partial charge is 0.448 e. The van der Waals surface area contributed by atoms with Crippen LogP contribution in [0.2, 0.25) is 0 Å². The lowest BCUT2D eigenvalue weighted by Gasteiger charge is -2.12. The molecule has 6 nitrogen and oxygen atoms in total. The van der Waals surface area contributed by atoms with Crippen LogP contribution in [0, 0.1) is 18.3 Å². The van der Waals surface area contributed by atoms with Gasteiger partial charge in [0.15, 0.2) is 6.10 Å². The van der Waals surface area contributed by atoms with Gasteiger partial charge in [-0.25, -0.2) is 9.78 Å². The minimum atomic E-state index is -1.01. The maximum absolute atomic E-state index is 12.6. The predicted octanol–water partition coefficient (Wildman–Crippen LogP) is 4.80. The number of rotatable bonds is 6. The average molecular weight is 426 g/mol. The third kappa shape index (κ3) is 4.70. The van der Waals surface area contributed by atoms with E-state index in [0.29, 0.717) is 21.1 Å². The molecule has 0 aliphatic heterocycles. The van der Waals surface area contributed by atoms with E-state index in [4.69, 9.17) is 10.00 Å². The standard InChI is InChI=1S/C21H19N3O3S2/c1-4-14-5-7-15(8-6-14)20-23-12(2)17(29-20)21(26)27-13(3)18(25)24-19-16(11-22)9-10-28-19/h5-10,13H,4H2,1-3H3,(H,24,25). The van der Waals surface area contributed by atoms with Gasteiger partial charge in [0.2, 0.25) is 0 Å². The molecule has 1 amide bonds. The van der Waals surface area contributed by atoms with E-state index in [-0.39, 0.29) is 0 Å². The molecular formula is C21H19N3O3S2. The lowest BCUT2D eigenvalue weighted by Crippen LogP contribution is -2.29. The number of carbonyl (C=O) groups excluding carboxylic acids is 2. The molecule has 0 aliphatic carbocycles. The Labute approximate surface area is 176 Å². The highest BCUT2D eigenvalue weighted by Gasteiger charge is 2.24. The Morgan fingerprint density at radius 1 is 1.28 bits per heavy atom. The molecule has 8 heteroatoms. The molecule has 1 unspecified atom stereocenters. The number of ether oxygens (including phenoxy) is 1. The number of benzene rings is 1. The quantitative estimate of drug-likeness (QED) is 0.573. The van der Waals surface area contributed by atoms with Crippen LogP contribution in [-0.2, 0) is 16.0 Å². The van der Waals surface area contributed by atoms with E-state index in [1.807, 2.05) is 30.3 Å². The van der Waals surface area contributed by atoms with Crippen LogP contribution in [0.25, 0.3) is 10.6 Å². The highest BCUT2D eigenvalue weighted by molar-refractivity contribution is 7.17. The second-order valence-corrected chi connectivity index (χ2v) is 8.21. The monoisotopic (exact) mass is 425 g/mol. The van der Waals surface area contributed by atoms with Crippen LogP contribution < -0.4 is 5.32 Å². The molecule has 0 bridgehead atoms. The van der Waals surface area contributed by atoms with Gasteiger partial charge in [-0.1, -0.05) is 31.2 Å². The number of hydrogen-bond donors (Lipinski definition) is 1. The summed E-state index contributed by atoms with van der Waals surface area (Å²) in [6.45, 7) is 5.33. The molecule has 1 atom stereocenters. The van der Waals surface area contributed by atoms with Crippen molar-refractivity contribution in [2.24, 2.45) is 0 Å². The van der Waals surface area contributed by atoms with Crippen LogP contribution in [0.5, 0.6) is 0 Å². The summed E-state index contributed by atoms with van der Waals surface area (Å²) >= 11 is 2.48. The van der Waals surface area contributed by atoms with Gasteiger partial charge in [-0.15, -0.1) is 22.7 Å². The molecule has 29 heavy (non-hydrogen) atoms. The van der Waals surface area contributed by atoms with Crippen LogP contribution in [0.3, 0.4) is 0 Å². The number of nitriles is 1. The van der Waals surface area contributed by atoms with E-state index in [2.05, 4.69) is 17.2 Å². The normalized spacial score (nSPS) is 11.5. The second kappa shape index (κ2) is 8.99. The summed E-state index contributed by atoms with van der Waals surface area (Å²) in [5.41, 5.74) is 3.10. The van der Waals surface area contributed by atoms with Gasteiger partial charge in [0, 0.05) is 5.56 Å². The summed E-state index contributed by atoms with van der Waals surface area (Å²) in [4.78, 5) is 29.7. The van der Waals surface area contributed by atoms with Gasteiger partial charge >= 0.3 is 5.97 Å². The maximum Gasteiger partial charge on any atom is 0.351 e. The van der Waals surface area contributed by atoms with E-state index >= 15 is 0 Å². The number of hydrogen-bond acceptors (Lipinski definition) is 7. The molecule has 0 radical (unpaired) electrons. The highest BCUT2D eigenvalue weighted by atomic mass is 32.1. The van der Waals surface area contributed by atoms with Crippen molar-refractivity contribution in [1.29, 1.82) is 5.26 Å². The molecule has 2 aromatic heterocycles. The Balaban J connectivity index is 1.69. The molecule has 2 heterocycles. The number of esters is 1. The highest BCUT2D eigenvalue weighted by Crippen LogP contribution is 2.29. The zero-order valence-electron chi connectivity index (χ0n) is 16.2. The molecule has 1 aromatic carbocycles. The summed E-state index contributed by atoms with van der Waals surface area (Å²) in [5.74, 6) is -1.08. The summed E-state index contributed by atoms with van der Waals surface area (Å²) in [5, 5.41) is 14.5. The van der Waals surface area contributed by atoms with Crippen molar-refractivity contribution in [1.82, 2.24) is 4.98 Å². The SMILES string of the molecule is CCc1ccc(-c2nc(C)c(C(=O)OC(C)C(=O)Nc3sccc3C#N)s2)cc1. The number of anilines is 1. The Hall–Kier alpha value is -3.02. The van der Waals surface area contributed by atoms with Crippen molar-refractivity contribution in [2.75, 3.05) is 5.32 Å². The van der Waals surface area contributed by atoms with Gasteiger partial charge in [0.25, 0.3) is 5.91 Å². The molecule has 0 fully saturated rings. The summed E-state index contributed by atoms with van der Waals surface area (Å²) in [7, 11) is 0. The van der Waals surface area contributed by atoms with Crippen LogP contribution >= 0.6 is 22.7 Å². The summed E-state index contributed by atoms with van der Waals surface area (Å²) in [6, 6.07) is 11.7. The summed E-state index contributed by atoms with van der Waals surface area (Å²) < 4.78 is 5.33. The molecule has 3 rings (SSSR count). The fourth-order valence-electron chi connectivity index (χ4n) is 2.57. The van der Waals surface area contributed by atoms with Crippen molar-refractivity contribution < 1.29 is 14.3 Å². The Bertz CT molecular complexity index is 1080. The third-order valence-corrected chi connectivity index (χ3v) is 6.28. The van der Waals surface area contributed by atoms with E-state index in [1.165, 1.54) is 35.2 Å². The zero-order chi connectivity index (χ0) is 21.0. The molecule has 0 saturated heterocycles. The second-order valence-electron chi connectivity index (χ2n) is 6.30. The minimum Gasteiger partial charge on any atom is -0.448 e. The Kier molecular flexibility index (Phi) is 6.42. The summed E-state index contributed by atoms with van der Waals surface area (Å²) in [6.07, 6.45) is -0.0549. The minimum absolute atomic E-state index is 0.369. The predicted molar refractivity (Wildman–Crippen MR) is 114 cm³/mol. The first kappa shape index (κ1) is 20.7. The number of nitrogens with one attached hydrogen (secondary N) is 1. The third-order valence-electron chi connectivity index (χ3n) is 4.27. The van der Waals surface area contributed by atoms with Gasteiger partial charge < -0.3 is 10.1 Å². The number of thiophene rings is 1. The first-order chi connectivity index (χ1) is 13.9. The van der Waals surface area contributed by atoms with E-state index < -0.39 is 18.0 Å². The molecule has 0 saturated carbocycles. The van der Waals surface area contributed by atoms with Crippen LogP contribution in [0.4, 0.5) is 5.00 Å². The number of amides is 1. The first-order valence-corrected chi connectivity index (χ1v) is 10.7. The molecular weight excluding hydrogens is 406 g/mol. The maximum atomic E-state index is 12.6. The number of nitrogens with zero attached hydrogens (tertiary/aromatic N) is 2. The Morgan fingerprint density at radius 3 is 2.66 bits per heavy atom. The van der Waals surface area contributed by atoms with Crippen LogP contribution in [0.15, 0.2) is 35.7 Å². The van der Waals surface area contributed by atoms with Gasteiger partial charge in [-0.05, 0) is 37.3 Å².